The van der Waals surface area contributed by atoms with Gasteiger partial charge in [-0.3, -0.25) is 0 Å². The van der Waals surface area contributed by atoms with Gasteiger partial charge >= 0.3 is 0 Å². The molecule has 0 N–H and O–H groups in total. The van der Waals surface area contributed by atoms with Crippen LogP contribution in [0.25, 0.3) is 0 Å². The van der Waals surface area contributed by atoms with E-state index < -0.39 is 0 Å². The molecule has 0 aromatic rings. The lowest BCUT2D eigenvalue weighted by molar-refractivity contribution is 0.0491. The Bertz CT molecular complexity index is 125. The molecule has 0 saturated heterocycles. The Labute approximate surface area is 111 Å². The summed E-state index contributed by atoms with van der Waals surface area (Å²) < 4.78 is 5.81. The third-order valence-corrected chi connectivity index (χ3v) is 4.40. The molecular weight excluding hydrogens is 271 g/mol. The summed E-state index contributed by atoms with van der Waals surface area (Å²) in [7, 11) is 0.767. The van der Waals surface area contributed by atoms with Crippen LogP contribution in [-0.2, 0) is 4.43 Å². The molecule has 0 spiro atoms. The van der Waals surface area contributed by atoms with Crippen LogP contribution in [0, 0.1) is 0 Å². The normalized spacial score (nSPS) is 12.2. The number of halogens is 3. The molecule has 1 nitrogen and oxygen atoms in total. The third-order valence-electron chi connectivity index (χ3n) is 2.73. The predicted octanol–water partition coefficient (Wildman–Crippen LogP) is 3.08. The van der Waals surface area contributed by atoms with Crippen LogP contribution < -0.4 is 0 Å². The van der Waals surface area contributed by atoms with Gasteiger partial charge < -0.3 is 4.43 Å². The van der Waals surface area contributed by atoms with Crippen LogP contribution in [0.4, 0.5) is 0 Å². The van der Waals surface area contributed by atoms with Gasteiger partial charge in [-0.1, -0.05) is 0 Å². The molecule has 0 aliphatic carbocycles. The van der Waals surface area contributed by atoms with Crippen LogP contribution in [0.5, 0.6) is 0 Å². The molecule has 5 heteroatoms. The summed E-state index contributed by atoms with van der Waals surface area (Å²) in [4.78, 5) is 0. The Kier molecular flexibility index (Phi) is 10.9. The predicted molar refractivity (Wildman–Crippen MR) is 73.6 cm³/mol. The van der Waals surface area contributed by atoms with Gasteiger partial charge in [-0.2, -0.15) is 0 Å². The Balaban J connectivity index is 4.16. The van der Waals surface area contributed by atoms with Gasteiger partial charge in [0.05, 0.1) is 5.60 Å². The second-order valence-electron chi connectivity index (χ2n) is 3.76. The highest BCUT2D eigenvalue weighted by Crippen LogP contribution is 2.29. The minimum absolute atomic E-state index is 0.00485. The van der Waals surface area contributed by atoms with Gasteiger partial charge in [0.1, 0.15) is 10.5 Å². The van der Waals surface area contributed by atoms with Gasteiger partial charge in [-0.25, -0.2) is 0 Å². The van der Waals surface area contributed by atoms with Crippen LogP contribution in [-0.4, -0.2) is 33.7 Å². The highest BCUT2D eigenvalue weighted by molar-refractivity contribution is 6.18. The zero-order valence-electron chi connectivity index (χ0n) is 9.41. The lowest BCUT2D eigenvalue weighted by atomic mass is 9.88. The molecule has 0 aromatic carbocycles. The van der Waals surface area contributed by atoms with E-state index in [4.69, 9.17) is 39.2 Å². The lowest BCUT2D eigenvalue weighted by Crippen LogP contribution is -2.32. The fraction of sp³-hybridized carbons (Fsp3) is 1.00. The molecule has 0 atom stereocenters. The van der Waals surface area contributed by atoms with E-state index in [-0.39, 0.29) is 5.60 Å². The molecule has 0 aliphatic rings. The van der Waals surface area contributed by atoms with Gasteiger partial charge in [0, 0.05) is 17.6 Å². The molecule has 0 radical (unpaired) electrons. The summed E-state index contributed by atoms with van der Waals surface area (Å²) in [5.74, 6) is 2.11. The van der Waals surface area contributed by atoms with Crippen molar-refractivity contribution >= 4 is 45.3 Å². The number of rotatable bonds is 10. The highest BCUT2D eigenvalue weighted by atomic mass is 35.5. The van der Waals surface area contributed by atoms with Crippen molar-refractivity contribution in [2.45, 2.75) is 44.1 Å². The van der Waals surface area contributed by atoms with E-state index in [1.54, 1.807) is 0 Å². The van der Waals surface area contributed by atoms with Crippen LogP contribution in [0.1, 0.15) is 38.5 Å². The summed E-state index contributed by atoms with van der Waals surface area (Å²) in [5, 5.41) is 0. The zero-order chi connectivity index (χ0) is 11.6. The Morgan fingerprint density at radius 2 is 1.13 bits per heavy atom. The van der Waals surface area contributed by atoms with Gasteiger partial charge in [-0.15, -0.1) is 34.8 Å². The Hall–Kier alpha value is 1.05. The zero-order valence-corrected chi connectivity index (χ0v) is 13.7. The minimum Gasteiger partial charge on any atom is -0.422 e. The van der Waals surface area contributed by atoms with Crippen molar-refractivity contribution in [3.8, 4) is 0 Å². The van der Waals surface area contributed by atoms with E-state index in [9.17, 15) is 0 Å². The minimum atomic E-state index is 0.00485. The van der Waals surface area contributed by atoms with Crippen molar-refractivity contribution in [1.29, 1.82) is 0 Å². The highest BCUT2D eigenvalue weighted by Gasteiger charge is 2.27. The largest absolute Gasteiger partial charge is 0.422 e. The second kappa shape index (κ2) is 10.2. The summed E-state index contributed by atoms with van der Waals surface area (Å²) >= 11 is 17.2. The molecular formula is C10H21Cl3OSi. The average molecular weight is 292 g/mol. The molecule has 0 unspecified atom stereocenters. The van der Waals surface area contributed by atoms with Gasteiger partial charge in [-0.05, 0) is 38.5 Å². The maximum atomic E-state index is 5.81. The molecule has 0 amide bonds. The van der Waals surface area contributed by atoms with Crippen molar-refractivity contribution in [3.63, 3.8) is 0 Å². The molecule has 0 bridgehead atoms. The fourth-order valence-electron chi connectivity index (χ4n) is 1.85. The molecule has 0 heterocycles. The van der Waals surface area contributed by atoms with Crippen molar-refractivity contribution < 1.29 is 4.43 Å². The van der Waals surface area contributed by atoms with E-state index in [0.717, 1.165) is 49.0 Å². The monoisotopic (exact) mass is 290 g/mol. The van der Waals surface area contributed by atoms with E-state index in [1.807, 2.05) is 0 Å². The first kappa shape index (κ1) is 16.0. The number of alkyl halides is 3. The van der Waals surface area contributed by atoms with Gasteiger partial charge in [0.15, 0.2) is 0 Å². The van der Waals surface area contributed by atoms with Crippen LogP contribution in [0.3, 0.4) is 0 Å². The number of hydrogen-bond acceptors (Lipinski definition) is 1. The topological polar surface area (TPSA) is 9.23 Å². The summed E-state index contributed by atoms with van der Waals surface area (Å²) in [6.07, 6.45) is 6.13. The van der Waals surface area contributed by atoms with Gasteiger partial charge in [0.25, 0.3) is 0 Å². The second-order valence-corrected chi connectivity index (χ2v) is 5.31. The molecule has 0 aliphatic heterocycles. The smallest absolute Gasteiger partial charge is 0.146 e. The van der Waals surface area contributed by atoms with E-state index in [0.29, 0.717) is 17.6 Å². The van der Waals surface area contributed by atoms with Crippen molar-refractivity contribution in [2.75, 3.05) is 17.6 Å². The molecule has 0 rings (SSSR count). The SMILES string of the molecule is [SiH3]OC(CCCCl)(CCCCl)CCCCl. The van der Waals surface area contributed by atoms with Crippen LogP contribution in [0.15, 0.2) is 0 Å². The quantitative estimate of drug-likeness (QED) is 0.444. The first-order valence-corrected chi connectivity index (χ1v) is 7.89. The molecule has 0 saturated carbocycles. The van der Waals surface area contributed by atoms with Crippen molar-refractivity contribution in [2.24, 2.45) is 0 Å². The molecule has 15 heavy (non-hydrogen) atoms. The maximum Gasteiger partial charge on any atom is 0.146 e. The maximum absolute atomic E-state index is 5.81. The van der Waals surface area contributed by atoms with E-state index >= 15 is 0 Å². The standard InChI is InChI=1S/C10H21Cl3OSi/c11-7-1-4-10(14-15,5-2-8-12)6-3-9-13/h1-9H2,15H3. The number of hydrogen-bond donors (Lipinski definition) is 0. The van der Waals surface area contributed by atoms with Crippen LogP contribution in [0.2, 0.25) is 0 Å². The summed E-state index contributed by atoms with van der Waals surface area (Å²) in [6.45, 7) is 0. The Morgan fingerprint density at radius 1 is 0.800 bits per heavy atom. The van der Waals surface area contributed by atoms with E-state index in [2.05, 4.69) is 0 Å². The molecule has 0 aromatic heterocycles. The Morgan fingerprint density at radius 3 is 1.33 bits per heavy atom. The summed E-state index contributed by atoms with van der Waals surface area (Å²) in [6, 6.07) is 0. The first-order chi connectivity index (χ1) is 7.24. The lowest BCUT2D eigenvalue weighted by Gasteiger charge is -2.33. The van der Waals surface area contributed by atoms with Crippen molar-refractivity contribution in [1.82, 2.24) is 0 Å². The fourth-order valence-corrected chi connectivity index (χ4v) is 2.86. The first-order valence-electron chi connectivity index (χ1n) is 5.47. The summed E-state index contributed by atoms with van der Waals surface area (Å²) in [5.41, 5.74) is 0.00485. The van der Waals surface area contributed by atoms with Crippen LogP contribution >= 0.6 is 34.8 Å². The third kappa shape index (κ3) is 7.06. The molecule has 92 valence electrons. The van der Waals surface area contributed by atoms with E-state index in [1.165, 1.54) is 0 Å². The van der Waals surface area contributed by atoms with Crippen molar-refractivity contribution in [3.05, 3.63) is 0 Å². The van der Waals surface area contributed by atoms with Gasteiger partial charge in [0.2, 0.25) is 0 Å². The average Bonchev–Trinajstić information content (AvgIpc) is 2.29. The molecule has 0 fully saturated rings.